The first kappa shape index (κ1) is 16.7. The Labute approximate surface area is 143 Å². The van der Waals surface area contributed by atoms with Gasteiger partial charge in [0, 0.05) is 23.2 Å². The minimum absolute atomic E-state index is 0.0865. The minimum Gasteiger partial charge on any atom is -0.390 e. The lowest BCUT2D eigenvalue weighted by atomic mass is 9.44. The normalized spacial score (nSPS) is 57.0. The number of halogens is 1. The number of aliphatic hydroxyl groups excluding tert-OH is 1. The van der Waals surface area contributed by atoms with Crippen molar-refractivity contribution in [2.75, 3.05) is 0 Å². The average molecular weight is 336 g/mol. The summed E-state index contributed by atoms with van der Waals surface area (Å²) in [6, 6.07) is 0. The van der Waals surface area contributed by atoms with Crippen LogP contribution in [0.5, 0.6) is 0 Å². The monoisotopic (exact) mass is 336 g/mol. The molecule has 4 heteroatoms. The lowest BCUT2D eigenvalue weighted by molar-refractivity contribution is -0.225. The highest BCUT2D eigenvalue weighted by molar-refractivity contribution is 5.91. The van der Waals surface area contributed by atoms with Crippen LogP contribution in [-0.2, 0) is 4.79 Å². The number of aliphatic hydroxyl groups is 2. The van der Waals surface area contributed by atoms with Crippen LogP contribution in [0.15, 0.2) is 11.6 Å². The first-order valence-corrected chi connectivity index (χ1v) is 9.39. The third-order valence-corrected chi connectivity index (χ3v) is 8.60. The Balaban J connectivity index is 1.82. The standard InChI is InChI=1S/C20H29FO3/c1-17-8-6-13(22)10-12(17)4-5-15-14-7-9-19(3,24)18(14,2)11-16(23)20(15,17)21/h10,14-16,23-24H,4-9,11H2,1-3H3/t14?,15?,16?,17-,18-,19-,20-/m0/s1. The van der Waals surface area contributed by atoms with E-state index in [0.29, 0.717) is 32.1 Å². The van der Waals surface area contributed by atoms with Crippen LogP contribution in [0.2, 0.25) is 0 Å². The molecule has 0 aromatic heterocycles. The van der Waals surface area contributed by atoms with Crippen molar-refractivity contribution < 1.29 is 19.4 Å². The molecular weight excluding hydrogens is 307 g/mol. The molecule has 0 radical (unpaired) electrons. The van der Waals surface area contributed by atoms with Crippen molar-refractivity contribution in [1.82, 2.24) is 0 Å². The topological polar surface area (TPSA) is 57.5 Å². The third kappa shape index (κ3) is 1.72. The van der Waals surface area contributed by atoms with Gasteiger partial charge in [-0.2, -0.15) is 0 Å². The molecule has 0 bridgehead atoms. The van der Waals surface area contributed by atoms with E-state index in [9.17, 15) is 15.0 Å². The molecule has 134 valence electrons. The second-order valence-electron chi connectivity index (χ2n) is 9.44. The molecule has 3 nitrogen and oxygen atoms in total. The molecule has 4 aliphatic rings. The number of allylic oxidation sites excluding steroid dienone is 1. The highest BCUT2D eigenvalue weighted by atomic mass is 19.1. The SMILES string of the molecule is C[C@]1(O)CCC2C3CCC4=CC(=O)CC[C@]4(C)[C@@]3(F)C(O)C[C@@]21C. The van der Waals surface area contributed by atoms with Crippen LogP contribution in [-0.4, -0.2) is 33.4 Å². The van der Waals surface area contributed by atoms with Gasteiger partial charge >= 0.3 is 0 Å². The van der Waals surface area contributed by atoms with Crippen molar-refractivity contribution >= 4 is 5.78 Å². The van der Waals surface area contributed by atoms with Crippen LogP contribution in [0.3, 0.4) is 0 Å². The van der Waals surface area contributed by atoms with E-state index in [4.69, 9.17) is 0 Å². The van der Waals surface area contributed by atoms with Crippen LogP contribution < -0.4 is 0 Å². The van der Waals surface area contributed by atoms with Crippen molar-refractivity contribution in [1.29, 1.82) is 0 Å². The number of ketones is 1. The molecule has 4 rings (SSSR count). The van der Waals surface area contributed by atoms with Gasteiger partial charge in [-0.1, -0.05) is 19.4 Å². The molecule has 3 saturated carbocycles. The van der Waals surface area contributed by atoms with Crippen LogP contribution in [0.4, 0.5) is 4.39 Å². The molecular formula is C20H29FO3. The van der Waals surface area contributed by atoms with E-state index < -0.39 is 28.2 Å². The maximum Gasteiger partial charge on any atom is 0.155 e. The molecule has 0 aliphatic heterocycles. The maximum absolute atomic E-state index is 16.6. The zero-order valence-electron chi connectivity index (χ0n) is 14.9. The minimum atomic E-state index is -1.69. The molecule has 3 fully saturated rings. The van der Waals surface area contributed by atoms with Gasteiger partial charge in [0.2, 0.25) is 0 Å². The molecule has 0 heterocycles. The first-order chi connectivity index (χ1) is 11.1. The average Bonchev–Trinajstić information content (AvgIpc) is 2.72. The molecule has 3 unspecified atom stereocenters. The zero-order chi connectivity index (χ0) is 17.5. The van der Waals surface area contributed by atoms with Crippen LogP contribution in [0.25, 0.3) is 0 Å². The van der Waals surface area contributed by atoms with Gasteiger partial charge in [-0.3, -0.25) is 4.79 Å². The zero-order valence-corrected chi connectivity index (χ0v) is 14.9. The van der Waals surface area contributed by atoms with Gasteiger partial charge in [0.1, 0.15) is 5.67 Å². The Morgan fingerprint density at radius 2 is 1.83 bits per heavy atom. The molecule has 0 aromatic rings. The number of hydrogen-bond donors (Lipinski definition) is 2. The number of rotatable bonds is 0. The van der Waals surface area contributed by atoms with E-state index >= 15 is 4.39 Å². The van der Waals surface area contributed by atoms with Gasteiger partial charge in [-0.15, -0.1) is 0 Å². The van der Waals surface area contributed by atoms with E-state index in [-0.39, 0.29) is 17.6 Å². The molecule has 7 atom stereocenters. The fourth-order valence-corrected chi connectivity index (χ4v) is 6.79. The smallest absolute Gasteiger partial charge is 0.155 e. The van der Waals surface area contributed by atoms with Crippen molar-refractivity contribution in [2.45, 2.75) is 83.1 Å². The largest absolute Gasteiger partial charge is 0.390 e. The summed E-state index contributed by atoms with van der Waals surface area (Å²) >= 11 is 0. The Morgan fingerprint density at radius 1 is 1.12 bits per heavy atom. The number of carbonyl (C=O) groups excluding carboxylic acids is 1. The molecule has 2 N–H and O–H groups in total. The Hall–Kier alpha value is -0.740. The van der Waals surface area contributed by atoms with Crippen molar-refractivity contribution in [2.24, 2.45) is 22.7 Å². The molecule has 24 heavy (non-hydrogen) atoms. The number of fused-ring (bicyclic) bond motifs is 5. The van der Waals surface area contributed by atoms with Gasteiger partial charge in [-0.05, 0) is 57.4 Å². The van der Waals surface area contributed by atoms with Crippen LogP contribution in [0, 0.1) is 22.7 Å². The molecule has 0 spiro atoms. The highest BCUT2D eigenvalue weighted by Crippen LogP contribution is 2.70. The summed E-state index contributed by atoms with van der Waals surface area (Å²) in [5.41, 5.74) is -2.83. The van der Waals surface area contributed by atoms with Crippen LogP contribution >= 0.6 is 0 Å². The Bertz CT molecular complexity index is 626. The fourth-order valence-electron chi connectivity index (χ4n) is 6.79. The first-order valence-electron chi connectivity index (χ1n) is 9.39. The Morgan fingerprint density at radius 3 is 2.54 bits per heavy atom. The Kier molecular flexibility index (Phi) is 3.27. The molecule has 0 saturated heterocycles. The number of carbonyl (C=O) groups is 1. The third-order valence-electron chi connectivity index (χ3n) is 8.60. The summed E-state index contributed by atoms with van der Waals surface area (Å²) in [4.78, 5) is 11.8. The number of hydrogen-bond acceptors (Lipinski definition) is 3. The lowest BCUT2D eigenvalue weighted by Gasteiger charge is -2.63. The molecule has 0 aromatic carbocycles. The van der Waals surface area contributed by atoms with Crippen molar-refractivity contribution in [3.8, 4) is 0 Å². The summed E-state index contributed by atoms with van der Waals surface area (Å²) in [7, 11) is 0. The van der Waals surface area contributed by atoms with Gasteiger partial charge in [0.05, 0.1) is 11.7 Å². The quantitative estimate of drug-likeness (QED) is 0.713. The van der Waals surface area contributed by atoms with Gasteiger partial charge < -0.3 is 10.2 Å². The van der Waals surface area contributed by atoms with Crippen LogP contribution in [0.1, 0.15) is 65.7 Å². The van der Waals surface area contributed by atoms with E-state index in [2.05, 4.69) is 0 Å². The molecule has 0 amide bonds. The van der Waals surface area contributed by atoms with Gasteiger partial charge in [0.15, 0.2) is 5.78 Å². The van der Waals surface area contributed by atoms with E-state index in [0.717, 1.165) is 18.4 Å². The fraction of sp³-hybridized carbons (Fsp3) is 0.850. The van der Waals surface area contributed by atoms with E-state index in [1.54, 1.807) is 6.08 Å². The summed E-state index contributed by atoms with van der Waals surface area (Å²) in [6.45, 7) is 5.79. The molecule has 4 aliphatic carbocycles. The van der Waals surface area contributed by atoms with Gasteiger partial charge in [0.25, 0.3) is 0 Å². The summed E-state index contributed by atoms with van der Waals surface area (Å²) in [6.07, 6.45) is 4.60. The second kappa shape index (κ2) is 4.70. The predicted octanol–water partition coefficient (Wildman–Crippen LogP) is 3.33. The van der Waals surface area contributed by atoms with E-state index in [1.807, 2.05) is 20.8 Å². The summed E-state index contributed by atoms with van der Waals surface area (Å²) in [5.74, 6) is -0.0593. The van der Waals surface area contributed by atoms with Gasteiger partial charge in [-0.25, -0.2) is 4.39 Å². The maximum atomic E-state index is 16.6. The lowest BCUT2D eigenvalue weighted by Crippen LogP contribution is -2.68. The van der Waals surface area contributed by atoms with Crippen molar-refractivity contribution in [3.63, 3.8) is 0 Å². The van der Waals surface area contributed by atoms with Crippen molar-refractivity contribution in [3.05, 3.63) is 11.6 Å². The number of alkyl halides is 1. The second-order valence-corrected chi connectivity index (χ2v) is 9.44. The highest BCUT2D eigenvalue weighted by Gasteiger charge is 2.72. The van der Waals surface area contributed by atoms with E-state index in [1.165, 1.54) is 0 Å². The predicted molar refractivity (Wildman–Crippen MR) is 89.1 cm³/mol. The summed E-state index contributed by atoms with van der Waals surface area (Å²) < 4.78 is 16.6. The summed E-state index contributed by atoms with van der Waals surface area (Å²) in [5, 5.41) is 21.9.